The molecule has 4 rings (SSSR count). The summed E-state index contributed by atoms with van der Waals surface area (Å²) in [6, 6.07) is 19.4. The largest absolute Gasteiger partial charge is 0.489 e. The van der Waals surface area contributed by atoms with E-state index in [-0.39, 0.29) is 24.8 Å². The third-order valence-electron chi connectivity index (χ3n) is 5.35. The van der Waals surface area contributed by atoms with Crippen molar-refractivity contribution >= 4 is 58.5 Å². The van der Waals surface area contributed by atoms with Crippen molar-refractivity contribution in [2.45, 2.75) is 13.0 Å². The summed E-state index contributed by atoms with van der Waals surface area (Å²) in [6.45, 7) is 0.540. The van der Waals surface area contributed by atoms with Crippen molar-refractivity contribution in [3.63, 3.8) is 0 Å². The van der Waals surface area contributed by atoms with Gasteiger partial charge in [0.05, 0.1) is 12.1 Å². The van der Waals surface area contributed by atoms with E-state index in [1.807, 2.05) is 0 Å². The first-order valence-corrected chi connectivity index (χ1v) is 11.6. The molecule has 9 heteroatoms. The number of carbonyl (C=O) groups is 2. The molecule has 0 bridgehead atoms. The molecule has 1 aliphatic rings. The first kappa shape index (κ1) is 24.1. The maximum Gasteiger partial charge on any atom is 0.245 e. The average Bonchev–Trinajstić information content (AvgIpc) is 3.22. The number of nitrogens with one attached hydrogen (secondary N) is 1. The van der Waals surface area contributed by atoms with Crippen molar-refractivity contribution in [1.82, 2.24) is 5.43 Å². The number of hydrogen-bond donors (Lipinski definition) is 1. The lowest BCUT2D eigenvalue weighted by Gasteiger charge is -2.16. The van der Waals surface area contributed by atoms with Gasteiger partial charge in [-0.15, -0.1) is 0 Å². The molecule has 6 nitrogen and oxygen atoms in total. The molecule has 1 N–H and O–H groups in total. The molecule has 0 aromatic heterocycles. The Kier molecular flexibility index (Phi) is 7.73. The SMILES string of the molecule is O=C(N/N=C\c1ccc(OCc2c(Cl)cccc2Cl)cc1)[C@@H]1CC(=O)N(c2ccc(Cl)cc2)C1. The van der Waals surface area contributed by atoms with Crippen LogP contribution >= 0.6 is 34.8 Å². The van der Waals surface area contributed by atoms with Crippen molar-refractivity contribution in [2.24, 2.45) is 11.0 Å². The Labute approximate surface area is 212 Å². The molecule has 2 amide bonds. The third kappa shape index (κ3) is 5.89. The first-order valence-electron chi connectivity index (χ1n) is 10.5. The van der Waals surface area contributed by atoms with Crippen molar-refractivity contribution in [3.05, 3.63) is 92.9 Å². The summed E-state index contributed by atoms with van der Waals surface area (Å²) in [5, 5.41) is 5.70. The van der Waals surface area contributed by atoms with E-state index in [2.05, 4.69) is 10.5 Å². The molecule has 34 heavy (non-hydrogen) atoms. The number of hydrogen-bond acceptors (Lipinski definition) is 4. The standard InChI is InChI=1S/C25H20Cl3N3O3/c26-18-6-8-19(9-7-18)31-14-17(12-24(31)32)25(33)30-29-13-16-4-10-20(11-5-16)34-15-21-22(27)2-1-3-23(21)28/h1-11,13,17H,12,14-15H2,(H,30,33)/b29-13-/t17-/m1/s1. The van der Waals surface area contributed by atoms with Gasteiger partial charge in [0.25, 0.3) is 0 Å². The van der Waals surface area contributed by atoms with Crippen molar-refractivity contribution < 1.29 is 14.3 Å². The highest BCUT2D eigenvalue weighted by Gasteiger charge is 2.35. The summed E-state index contributed by atoms with van der Waals surface area (Å²) in [6.07, 6.45) is 1.66. The number of nitrogens with zero attached hydrogens (tertiary/aromatic N) is 2. The molecule has 1 heterocycles. The van der Waals surface area contributed by atoms with Gasteiger partial charge in [0.1, 0.15) is 12.4 Å². The maximum atomic E-state index is 12.5. The summed E-state index contributed by atoms with van der Waals surface area (Å²) < 4.78 is 5.75. The van der Waals surface area contributed by atoms with Crippen LogP contribution < -0.4 is 15.1 Å². The fourth-order valence-corrected chi connectivity index (χ4v) is 4.12. The minimum absolute atomic E-state index is 0.111. The zero-order valence-electron chi connectivity index (χ0n) is 17.9. The zero-order chi connectivity index (χ0) is 24.1. The van der Waals surface area contributed by atoms with Gasteiger partial charge in [-0.05, 0) is 66.2 Å². The fraction of sp³-hybridized carbons (Fsp3) is 0.160. The Morgan fingerprint density at radius 2 is 1.71 bits per heavy atom. The van der Waals surface area contributed by atoms with Crippen LogP contribution in [0.2, 0.25) is 15.1 Å². The Hall–Kier alpha value is -3.06. The van der Waals surface area contributed by atoms with E-state index >= 15 is 0 Å². The highest BCUT2D eigenvalue weighted by Crippen LogP contribution is 2.27. The summed E-state index contributed by atoms with van der Waals surface area (Å²) in [7, 11) is 0. The van der Waals surface area contributed by atoms with E-state index in [1.165, 1.54) is 6.21 Å². The van der Waals surface area contributed by atoms with E-state index < -0.39 is 5.92 Å². The molecule has 1 saturated heterocycles. The van der Waals surface area contributed by atoms with Gasteiger partial charge in [0.15, 0.2) is 0 Å². The van der Waals surface area contributed by atoms with Crippen LogP contribution in [0.3, 0.4) is 0 Å². The maximum absolute atomic E-state index is 12.5. The Bertz CT molecular complexity index is 1190. The van der Waals surface area contributed by atoms with Gasteiger partial charge in [-0.1, -0.05) is 40.9 Å². The normalized spacial score (nSPS) is 15.7. The smallest absolute Gasteiger partial charge is 0.245 e. The molecule has 0 aliphatic carbocycles. The van der Waals surface area contributed by atoms with E-state index in [4.69, 9.17) is 39.5 Å². The summed E-state index contributed by atoms with van der Waals surface area (Å²) in [5.41, 5.74) is 4.73. The van der Waals surface area contributed by atoms with Crippen molar-refractivity contribution in [1.29, 1.82) is 0 Å². The number of amides is 2. The highest BCUT2D eigenvalue weighted by atomic mass is 35.5. The lowest BCUT2D eigenvalue weighted by atomic mass is 10.1. The second-order valence-corrected chi connectivity index (χ2v) is 8.92. The van der Waals surface area contributed by atoms with Crippen LogP contribution in [0.15, 0.2) is 71.8 Å². The molecule has 3 aromatic rings. The second kappa shape index (κ2) is 10.9. The Balaban J connectivity index is 1.28. The van der Waals surface area contributed by atoms with E-state index in [0.29, 0.717) is 33.0 Å². The number of halogens is 3. The van der Waals surface area contributed by atoms with Crippen LogP contribution in [0.25, 0.3) is 0 Å². The van der Waals surface area contributed by atoms with Gasteiger partial charge < -0.3 is 9.64 Å². The molecule has 0 radical (unpaired) electrons. The summed E-state index contributed by atoms with van der Waals surface area (Å²) in [5.74, 6) is -0.255. The predicted molar refractivity (Wildman–Crippen MR) is 135 cm³/mol. The lowest BCUT2D eigenvalue weighted by Crippen LogP contribution is -2.30. The minimum Gasteiger partial charge on any atom is -0.489 e. The Morgan fingerprint density at radius 3 is 2.38 bits per heavy atom. The number of benzene rings is 3. The number of ether oxygens (including phenoxy) is 1. The second-order valence-electron chi connectivity index (χ2n) is 7.67. The summed E-state index contributed by atoms with van der Waals surface area (Å²) >= 11 is 18.2. The molecule has 1 aliphatic heterocycles. The molecule has 0 spiro atoms. The van der Waals surface area contributed by atoms with Crippen LogP contribution in [-0.4, -0.2) is 24.6 Å². The lowest BCUT2D eigenvalue weighted by molar-refractivity contribution is -0.126. The summed E-state index contributed by atoms with van der Waals surface area (Å²) in [4.78, 5) is 26.4. The van der Waals surface area contributed by atoms with Crippen LogP contribution in [0, 0.1) is 5.92 Å². The molecule has 1 fully saturated rings. The zero-order valence-corrected chi connectivity index (χ0v) is 20.1. The van der Waals surface area contributed by atoms with E-state index in [1.54, 1.807) is 71.6 Å². The van der Waals surface area contributed by atoms with Crippen LogP contribution in [0.1, 0.15) is 17.5 Å². The molecule has 1 atom stereocenters. The first-order chi connectivity index (χ1) is 16.4. The predicted octanol–water partition coefficient (Wildman–Crippen LogP) is 5.73. The quantitative estimate of drug-likeness (QED) is 0.322. The topological polar surface area (TPSA) is 71.0 Å². The van der Waals surface area contributed by atoms with Gasteiger partial charge in [-0.2, -0.15) is 5.10 Å². The van der Waals surface area contributed by atoms with Crippen molar-refractivity contribution in [3.8, 4) is 5.75 Å². The number of rotatable bonds is 7. The van der Waals surface area contributed by atoms with Gasteiger partial charge in [-0.25, -0.2) is 5.43 Å². The van der Waals surface area contributed by atoms with Crippen molar-refractivity contribution in [2.75, 3.05) is 11.4 Å². The van der Waals surface area contributed by atoms with Crippen LogP contribution in [0.5, 0.6) is 5.75 Å². The molecule has 3 aromatic carbocycles. The number of hydrazone groups is 1. The Morgan fingerprint density at radius 1 is 1.03 bits per heavy atom. The average molecular weight is 517 g/mol. The third-order valence-corrected chi connectivity index (χ3v) is 6.31. The van der Waals surface area contributed by atoms with E-state index in [9.17, 15) is 9.59 Å². The van der Waals surface area contributed by atoms with Gasteiger partial charge in [-0.3, -0.25) is 9.59 Å². The van der Waals surface area contributed by atoms with Gasteiger partial charge in [0.2, 0.25) is 11.8 Å². The monoisotopic (exact) mass is 515 g/mol. The van der Waals surface area contributed by atoms with E-state index in [0.717, 1.165) is 11.1 Å². The molecule has 174 valence electrons. The molecular formula is C25H20Cl3N3O3. The molecule has 0 unspecified atom stereocenters. The minimum atomic E-state index is -0.479. The van der Waals surface area contributed by atoms with Crippen LogP contribution in [-0.2, 0) is 16.2 Å². The van der Waals surface area contributed by atoms with Crippen LogP contribution in [0.4, 0.5) is 5.69 Å². The molecular weight excluding hydrogens is 497 g/mol. The molecule has 0 saturated carbocycles. The van der Waals surface area contributed by atoms with Gasteiger partial charge >= 0.3 is 0 Å². The number of anilines is 1. The van der Waals surface area contributed by atoms with Gasteiger partial charge in [0, 0.05) is 39.3 Å². The number of carbonyl (C=O) groups excluding carboxylic acids is 2. The highest BCUT2D eigenvalue weighted by molar-refractivity contribution is 6.36. The fourth-order valence-electron chi connectivity index (χ4n) is 3.49.